The van der Waals surface area contributed by atoms with Gasteiger partial charge in [-0.1, -0.05) is 0 Å². The molecule has 34 heavy (non-hydrogen) atoms. The van der Waals surface area contributed by atoms with Crippen LogP contribution < -0.4 is 0 Å². The molecule has 0 bridgehead atoms. The highest BCUT2D eigenvalue weighted by Gasteiger charge is 2.36. The lowest BCUT2D eigenvalue weighted by molar-refractivity contribution is -0.133. The third kappa shape index (κ3) is 4.02. The minimum absolute atomic E-state index is 0.0454. The zero-order chi connectivity index (χ0) is 24.9. The molecule has 2 saturated heterocycles. The lowest BCUT2D eigenvalue weighted by atomic mass is 10.1. The average molecular weight is 531 g/mol. The van der Waals surface area contributed by atoms with E-state index < -0.39 is 23.6 Å². The molecular weight excluding hydrogens is 513 g/mol. The topological polar surface area (TPSA) is 81.2 Å². The number of carbonyl (C=O) groups is 4. The second kappa shape index (κ2) is 8.95. The van der Waals surface area contributed by atoms with Crippen LogP contribution in [0.5, 0.6) is 0 Å². The Morgan fingerprint density at radius 3 is 1.18 bits per heavy atom. The van der Waals surface area contributed by atoms with E-state index in [-0.39, 0.29) is 21.4 Å². The van der Waals surface area contributed by atoms with E-state index in [4.69, 9.17) is 24.4 Å². The second-order valence-corrected chi connectivity index (χ2v) is 10.5. The van der Waals surface area contributed by atoms with Gasteiger partial charge in [0.2, 0.25) is 0 Å². The van der Waals surface area contributed by atoms with E-state index >= 15 is 0 Å². The maximum atomic E-state index is 12.5. The fourth-order valence-corrected chi connectivity index (χ4v) is 5.68. The molecule has 2 fully saturated rings. The Hall–Kier alpha value is -3.06. The molecule has 2 aliphatic heterocycles. The van der Waals surface area contributed by atoms with Gasteiger partial charge in [-0.2, -0.15) is 0 Å². The predicted molar refractivity (Wildman–Crippen MR) is 140 cm³/mol. The molecule has 8 nitrogen and oxygen atoms in total. The number of hydrogen-bond acceptors (Lipinski definition) is 8. The van der Waals surface area contributed by atoms with Crippen LogP contribution >= 0.6 is 47.1 Å². The molecule has 2 aromatic heterocycles. The standard InChI is InChI=1S/C22H18N4O4S4/c1-23-17(27)13(18(28)24(2)21(23)31)9-11-5-7-15(33-11)16-8-6-12(34-16)10-14-19(29)25(3)22(32)26(4)20(14)30/h5-10H,1-4H3. The summed E-state index contributed by atoms with van der Waals surface area (Å²) in [7, 11) is 6.14. The number of thiocarbonyl (C=S) groups is 2. The van der Waals surface area contributed by atoms with E-state index in [1.54, 1.807) is 12.2 Å². The quantitative estimate of drug-likeness (QED) is 0.345. The summed E-state index contributed by atoms with van der Waals surface area (Å²) in [6.07, 6.45) is 3.13. The van der Waals surface area contributed by atoms with Crippen molar-refractivity contribution in [1.29, 1.82) is 0 Å². The fraction of sp³-hybridized carbons (Fsp3) is 0.182. The number of likely N-dealkylation sites (N-methyl/N-ethyl adjacent to an activating group) is 4. The summed E-state index contributed by atoms with van der Waals surface area (Å²) in [6, 6.07) is 7.45. The smallest absolute Gasteiger partial charge is 0.265 e. The first-order valence-electron chi connectivity index (χ1n) is 9.85. The van der Waals surface area contributed by atoms with Crippen molar-refractivity contribution in [3.05, 3.63) is 45.2 Å². The van der Waals surface area contributed by atoms with Crippen LogP contribution in [0, 0.1) is 0 Å². The molecule has 0 spiro atoms. The minimum atomic E-state index is -0.440. The Labute approximate surface area is 214 Å². The Bertz CT molecular complexity index is 1200. The summed E-state index contributed by atoms with van der Waals surface area (Å²) >= 11 is 13.1. The van der Waals surface area contributed by atoms with Crippen molar-refractivity contribution in [2.75, 3.05) is 28.2 Å². The number of hydrogen-bond donors (Lipinski definition) is 0. The molecule has 0 atom stereocenters. The van der Waals surface area contributed by atoms with Gasteiger partial charge in [0.15, 0.2) is 10.2 Å². The van der Waals surface area contributed by atoms with E-state index in [0.717, 1.165) is 19.5 Å². The summed E-state index contributed by atoms with van der Waals surface area (Å²) in [5, 5.41) is 0.321. The zero-order valence-corrected chi connectivity index (χ0v) is 21.8. The summed E-state index contributed by atoms with van der Waals surface area (Å²) in [5.74, 6) is -1.76. The van der Waals surface area contributed by atoms with E-state index in [1.807, 2.05) is 24.3 Å². The number of amides is 4. The van der Waals surface area contributed by atoms with Crippen molar-refractivity contribution in [3.63, 3.8) is 0 Å². The van der Waals surface area contributed by atoms with Crippen LogP contribution in [0.3, 0.4) is 0 Å². The molecule has 0 aromatic carbocycles. The molecule has 4 amide bonds. The van der Waals surface area contributed by atoms with Gasteiger partial charge in [0.25, 0.3) is 23.6 Å². The SMILES string of the molecule is CN1C(=O)C(=Cc2ccc(-c3ccc(C=C4C(=O)N(C)C(=S)N(C)C4=O)s3)s2)C(=O)N(C)C1=S. The lowest BCUT2D eigenvalue weighted by Crippen LogP contribution is -2.52. The van der Waals surface area contributed by atoms with Crippen LogP contribution in [0.25, 0.3) is 21.9 Å². The highest BCUT2D eigenvalue weighted by Crippen LogP contribution is 2.36. The van der Waals surface area contributed by atoms with Crippen LogP contribution in [0.15, 0.2) is 35.4 Å². The summed E-state index contributed by atoms with van der Waals surface area (Å²) in [6.45, 7) is 0. The number of carbonyl (C=O) groups excluding carboxylic acids is 4. The van der Waals surface area contributed by atoms with Gasteiger partial charge in [0, 0.05) is 47.7 Å². The van der Waals surface area contributed by atoms with Gasteiger partial charge in [-0.25, -0.2) is 0 Å². The predicted octanol–water partition coefficient (Wildman–Crippen LogP) is 2.67. The summed E-state index contributed by atoms with van der Waals surface area (Å²) in [4.78, 5) is 58.6. The zero-order valence-electron chi connectivity index (χ0n) is 18.5. The second-order valence-electron chi connectivity index (χ2n) is 7.54. The van der Waals surface area contributed by atoms with E-state index in [1.165, 1.54) is 70.5 Å². The fourth-order valence-electron chi connectivity index (χ4n) is 3.36. The van der Waals surface area contributed by atoms with E-state index in [2.05, 4.69) is 0 Å². The van der Waals surface area contributed by atoms with Gasteiger partial charge in [-0.05, 0) is 60.9 Å². The highest BCUT2D eigenvalue weighted by molar-refractivity contribution is 7.80. The van der Waals surface area contributed by atoms with Crippen LogP contribution in [0.4, 0.5) is 0 Å². The minimum Gasteiger partial charge on any atom is -0.288 e. The van der Waals surface area contributed by atoms with Crippen molar-refractivity contribution in [1.82, 2.24) is 19.6 Å². The Morgan fingerprint density at radius 1 is 0.588 bits per heavy atom. The molecule has 12 heteroatoms. The first kappa shape index (κ1) is 24.1. The molecule has 0 unspecified atom stereocenters. The first-order valence-corrected chi connectivity index (χ1v) is 12.3. The van der Waals surface area contributed by atoms with Gasteiger partial charge in [0.1, 0.15) is 11.1 Å². The molecule has 4 rings (SSSR count). The van der Waals surface area contributed by atoms with Gasteiger partial charge in [-0.3, -0.25) is 38.8 Å². The molecular formula is C22H18N4O4S4. The molecule has 4 heterocycles. The van der Waals surface area contributed by atoms with Gasteiger partial charge >= 0.3 is 0 Å². The molecule has 0 N–H and O–H groups in total. The van der Waals surface area contributed by atoms with Crippen molar-refractivity contribution >= 4 is 93.1 Å². The maximum absolute atomic E-state index is 12.5. The monoisotopic (exact) mass is 530 g/mol. The van der Waals surface area contributed by atoms with Gasteiger partial charge < -0.3 is 0 Å². The van der Waals surface area contributed by atoms with Crippen LogP contribution in [0.1, 0.15) is 9.75 Å². The highest BCUT2D eigenvalue weighted by atomic mass is 32.1. The normalized spacial score (nSPS) is 17.4. The third-order valence-corrected chi connectivity index (χ3v) is 8.71. The van der Waals surface area contributed by atoms with Crippen molar-refractivity contribution in [3.8, 4) is 9.75 Å². The molecule has 0 saturated carbocycles. The molecule has 174 valence electrons. The van der Waals surface area contributed by atoms with Crippen LogP contribution in [-0.2, 0) is 19.2 Å². The molecule has 2 aromatic rings. The Kier molecular flexibility index (Phi) is 6.34. The van der Waals surface area contributed by atoms with E-state index in [9.17, 15) is 19.2 Å². The van der Waals surface area contributed by atoms with E-state index in [0.29, 0.717) is 0 Å². The molecule has 0 aliphatic carbocycles. The lowest BCUT2D eigenvalue weighted by Gasteiger charge is -2.31. The largest absolute Gasteiger partial charge is 0.288 e. The van der Waals surface area contributed by atoms with Crippen LogP contribution in [0.2, 0.25) is 0 Å². The number of nitrogens with zero attached hydrogens (tertiary/aromatic N) is 4. The first-order chi connectivity index (χ1) is 16.0. The van der Waals surface area contributed by atoms with Gasteiger partial charge in [0.05, 0.1) is 0 Å². The number of rotatable bonds is 3. The molecule has 0 radical (unpaired) electrons. The summed E-state index contributed by atoms with van der Waals surface area (Å²) < 4.78 is 0. The van der Waals surface area contributed by atoms with Crippen molar-refractivity contribution in [2.24, 2.45) is 0 Å². The Balaban J connectivity index is 1.60. The molecule has 2 aliphatic rings. The Morgan fingerprint density at radius 2 is 0.882 bits per heavy atom. The van der Waals surface area contributed by atoms with Crippen molar-refractivity contribution in [2.45, 2.75) is 0 Å². The van der Waals surface area contributed by atoms with Crippen molar-refractivity contribution < 1.29 is 19.2 Å². The van der Waals surface area contributed by atoms with Crippen LogP contribution in [-0.4, -0.2) is 81.6 Å². The third-order valence-electron chi connectivity index (χ3n) is 5.36. The van der Waals surface area contributed by atoms with Gasteiger partial charge in [-0.15, -0.1) is 22.7 Å². The maximum Gasteiger partial charge on any atom is 0.265 e. The average Bonchev–Trinajstić information content (AvgIpc) is 3.49. The summed E-state index contributed by atoms with van der Waals surface area (Å²) in [5.41, 5.74) is 0.0909. The number of thiophene rings is 2.